The first-order valence-electron chi connectivity index (χ1n) is 5.55. The molecule has 2 rings (SSSR count). The van der Waals surface area contributed by atoms with E-state index in [9.17, 15) is 0 Å². The summed E-state index contributed by atoms with van der Waals surface area (Å²) in [5.74, 6) is 0.579. The molecule has 0 radical (unpaired) electrons. The molecule has 90 valence electrons. The van der Waals surface area contributed by atoms with Crippen molar-refractivity contribution in [2.24, 2.45) is 5.73 Å². The van der Waals surface area contributed by atoms with Gasteiger partial charge < -0.3 is 11.5 Å². The van der Waals surface area contributed by atoms with Crippen LogP contribution >= 0.6 is 0 Å². The molecule has 17 heavy (non-hydrogen) atoms. The molecule has 0 aliphatic carbocycles. The van der Waals surface area contributed by atoms with E-state index in [4.69, 9.17) is 11.5 Å². The van der Waals surface area contributed by atoms with Crippen LogP contribution in [-0.4, -0.2) is 4.98 Å². The minimum Gasteiger partial charge on any atom is -0.384 e. The second-order valence-electron chi connectivity index (χ2n) is 3.95. The molecule has 2 aromatic rings. The summed E-state index contributed by atoms with van der Waals surface area (Å²) >= 11 is 0. The molecule has 0 aliphatic heterocycles. The Kier molecular flexibility index (Phi) is 5.17. The Labute approximate surface area is 102 Å². The molecule has 4 N–H and O–H groups in total. The van der Waals surface area contributed by atoms with Gasteiger partial charge in [-0.15, -0.1) is 0 Å². The van der Waals surface area contributed by atoms with Gasteiger partial charge in [0, 0.05) is 12.7 Å². The minimum atomic E-state index is 0.579. The predicted octanol–water partition coefficient (Wildman–Crippen LogP) is 2.43. The molecular formula is C14H19N3. The molecule has 0 spiro atoms. The quantitative estimate of drug-likeness (QED) is 0.789. The smallest absolute Gasteiger partial charge is 0.123 e. The molecule has 0 bridgehead atoms. The summed E-state index contributed by atoms with van der Waals surface area (Å²) in [6.45, 7) is 4.69. The van der Waals surface area contributed by atoms with E-state index in [0.717, 1.165) is 5.56 Å². The number of hydrogen-bond acceptors (Lipinski definition) is 3. The highest BCUT2D eigenvalue weighted by atomic mass is 14.8. The zero-order valence-corrected chi connectivity index (χ0v) is 10.4. The standard InChI is InChI=1S/C8H11N.C6H8N2/c1-7-2-4-8(6-9)5-3-7;1-5-2-3-6(7)8-4-5/h2-5H,6,9H2,1H3;2-4H,1H3,(H2,7,8). The lowest BCUT2D eigenvalue weighted by molar-refractivity contribution is 1.07. The molecule has 0 amide bonds. The first kappa shape index (κ1) is 13.2. The summed E-state index contributed by atoms with van der Waals surface area (Å²) in [7, 11) is 0. The average Bonchev–Trinajstić information content (AvgIpc) is 2.35. The fraction of sp³-hybridized carbons (Fsp3) is 0.214. The number of aromatic nitrogens is 1. The molecule has 1 aromatic carbocycles. The summed E-state index contributed by atoms with van der Waals surface area (Å²) in [6, 6.07) is 12.0. The maximum Gasteiger partial charge on any atom is 0.123 e. The van der Waals surface area contributed by atoms with Crippen LogP contribution in [0.15, 0.2) is 42.6 Å². The lowest BCUT2D eigenvalue weighted by Crippen LogP contribution is -1.94. The van der Waals surface area contributed by atoms with Crippen LogP contribution in [0.3, 0.4) is 0 Å². The highest BCUT2D eigenvalue weighted by molar-refractivity contribution is 5.28. The van der Waals surface area contributed by atoms with Gasteiger partial charge in [-0.3, -0.25) is 0 Å². The number of pyridine rings is 1. The van der Waals surface area contributed by atoms with Crippen LogP contribution < -0.4 is 11.5 Å². The topological polar surface area (TPSA) is 64.9 Å². The lowest BCUT2D eigenvalue weighted by Gasteiger charge is -1.94. The number of hydrogen-bond donors (Lipinski definition) is 2. The third-order valence-electron chi connectivity index (χ3n) is 2.29. The average molecular weight is 229 g/mol. The normalized spacial score (nSPS) is 9.35. The van der Waals surface area contributed by atoms with Crippen molar-refractivity contribution in [2.45, 2.75) is 20.4 Å². The van der Waals surface area contributed by atoms with Gasteiger partial charge in [0.1, 0.15) is 5.82 Å². The summed E-state index contributed by atoms with van der Waals surface area (Å²) in [5.41, 5.74) is 14.3. The van der Waals surface area contributed by atoms with Crippen LogP contribution in [0.25, 0.3) is 0 Å². The van der Waals surface area contributed by atoms with Crippen molar-refractivity contribution in [2.75, 3.05) is 5.73 Å². The van der Waals surface area contributed by atoms with E-state index in [0.29, 0.717) is 12.4 Å². The maximum absolute atomic E-state index is 5.40. The first-order chi connectivity index (χ1) is 8.11. The van der Waals surface area contributed by atoms with Crippen LogP contribution in [0.2, 0.25) is 0 Å². The molecule has 0 saturated heterocycles. The Hall–Kier alpha value is -1.87. The molecule has 0 aliphatic rings. The number of rotatable bonds is 1. The second kappa shape index (κ2) is 6.66. The van der Waals surface area contributed by atoms with E-state index in [1.165, 1.54) is 11.1 Å². The van der Waals surface area contributed by atoms with Gasteiger partial charge in [0.2, 0.25) is 0 Å². The van der Waals surface area contributed by atoms with Gasteiger partial charge in [-0.05, 0) is 31.0 Å². The SMILES string of the molecule is Cc1ccc(CN)cc1.Cc1ccc(N)nc1. The van der Waals surface area contributed by atoms with Crippen molar-refractivity contribution >= 4 is 5.82 Å². The molecular weight excluding hydrogens is 210 g/mol. The maximum atomic E-state index is 5.40. The van der Waals surface area contributed by atoms with Crippen LogP contribution in [0.5, 0.6) is 0 Å². The van der Waals surface area contributed by atoms with Crippen molar-refractivity contribution in [3.05, 3.63) is 59.3 Å². The molecule has 1 aromatic heterocycles. The number of nitrogens with two attached hydrogens (primary N) is 2. The van der Waals surface area contributed by atoms with Gasteiger partial charge in [-0.2, -0.15) is 0 Å². The number of nitrogens with zero attached hydrogens (tertiary/aromatic N) is 1. The van der Waals surface area contributed by atoms with Crippen LogP contribution in [0, 0.1) is 13.8 Å². The van der Waals surface area contributed by atoms with Crippen molar-refractivity contribution < 1.29 is 0 Å². The van der Waals surface area contributed by atoms with E-state index in [2.05, 4.69) is 36.2 Å². The Morgan fingerprint density at radius 1 is 0.941 bits per heavy atom. The van der Waals surface area contributed by atoms with Gasteiger partial charge in [0.25, 0.3) is 0 Å². The summed E-state index contributed by atoms with van der Waals surface area (Å²) in [6.07, 6.45) is 1.75. The fourth-order valence-electron chi connectivity index (χ4n) is 1.20. The van der Waals surface area contributed by atoms with E-state index < -0.39 is 0 Å². The van der Waals surface area contributed by atoms with Gasteiger partial charge in [-0.1, -0.05) is 35.9 Å². The van der Waals surface area contributed by atoms with Gasteiger partial charge in [0.05, 0.1) is 0 Å². The molecule has 0 atom stereocenters. The third-order valence-corrected chi connectivity index (χ3v) is 2.29. The monoisotopic (exact) mass is 229 g/mol. The molecule has 0 unspecified atom stereocenters. The minimum absolute atomic E-state index is 0.579. The predicted molar refractivity (Wildman–Crippen MR) is 72.5 cm³/mol. The Morgan fingerprint density at radius 2 is 1.53 bits per heavy atom. The highest BCUT2D eigenvalue weighted by Gasteiger charge is 1.85. The van der Waals surface area contributed by atoms with Crippen molar-refractivity contribution in [3.63, 3.8) is 0 Å². The number of benzene rings is 1. The number of anilines is 1. The van der Waals surface area contributed by atoms with Crippen molar-refractivity contribution in [1.82, 2.24) is 4.98 Å². The fourth-order valence-corrected chi connectivity index (χ4v) is 1.20. The van der Waals surface area contributed by atoms with Crippen LogP contribution in [-0.2, 0) is 6.54 Å². The number of nitrogen functional groups attached to an aromatic ring is 1. The largest absolute Gasteiger partial charge is 0.384 e. The van der Waals surface area contributed by atoms with Gasteiger partial charge in [-0.25, -0.2) is 4.98 Å². The third kappa shape index (κ3) is 5.13. The Bertz CT molecular complexity index is 411. The summed E-state index contributed by atoms with van der Waals surface area (Å²) < 4.78 is 0. The van der Waals surface area contributed by atoms with Crippen LogP contribution in [0.4, 0.5) is 5.82 Å². The first-order valence-corrected chi connectivity index (χ1v) is 5.55. The Balaban J connectivity index is 0.000000171. The van der Waals surface area contributed by atoms with Crippen LogP contribution in [0.1, 0.15) is 16.7 Å². The molecule has 0 fully saturated rings. The van der Waals surface area contributed by atoms with Gasteiger partial charge >= 0.3 is 0 Å². The highest BCUT2D eigenvalue weighted by Crippen LogP contribution is 2.00. The molecule has 3 heteroatoms. The zero-order chi connectivity index (χ0) is 12.7. The van der Waals surface area contributed by atoms with E-state index >= 15 is 0 Å². The number of aryl methyl sites for hydroxylation is 2. The summed E-state index contributed by atoms with van der Waals surface area (Å²) in [5, 5.41) is 0. The van der Waals surface area contributed by atoms with E-state index in [1.54, 1.807) is 12.3 Å². The second-order valence-corrected chi connectivity index (χ2v) is 3.95. The van der Waals surface area contributed by atoms with Gasteiger partial charge in [0.15, 0.2) is 0 Å². The zero-order valence-electron chi connectivity index (χ0n) is 10.4. The van der Waals surface area contributed by atoms with E-state index in [-0.39, 0.29) is 0 Å². The van der Waals surface area contributed by atoms with Crippen molar-refractivity contribution in [1.29, 1.82) is 0 Å². The molecule has 1 heterocycles. The summed E-state index contributed by atoms with van der Waals surface area (Å²) in [4.78, 5) is 3.86. The Morgan fingerprint density at radius 3 is 1.94 bits per heavy atom. The molecule has 3 nitrogen and oxygen atoms in total. The van der Waals surface area contributed by atoms with E-state index in [1.807, 2.05) is 13.0 Å². The molecule has 0 saturated carbocycles. The lowest BCUT2D eigenvalue weighted by atomic mass is 10.2. The van der Waals surface area contributed by atoms with Crippen molar-refractivity contribution in [3.8, 4) is 0 Å².